The number of phenolic OH excluding ortho intramolecular Hbond substituents is 4. The number of fused-ring (bicyclic) bond motifs is 1. The van der Waals surface area contributed by atoms with E-state index in [9.17, 15) is 61.0 Å². The van der Waals surface area contributed by atoms with Gasteiger partial charge < -0.3 is 79.9 Å². The van der Waals surface area contributed by atoms with E-state index in [1.807, 2.05) is 0 Å². The van der Waals surface area contributed by atoms with Crippen molar-refractivity contribution < 1.29 is 84.7 Å². The largest absolute Gasteiger partial charge is 0.508 e. The van der Waals surface area contributed by atoms with E-state index in [0.29, 0.717) is 0 Å². The molecule has 242 valence electrons. The molecule has 2 aromatic rings. The fourth-order valence-corrected chi connectivity index (χ4v) is 5.29. The molecule has 0 amide bonds. The first-order valence-corrected chi connectivity index (χ1v) is 13.4. The van der Waals surface area contributed by atoms with Crippen molar-refractivity contribution in [3.05, 3.63) is 41.5 Å². The van der Waals surface area contributed by atoms with E-state index >= 15 is 0 Å². The molecule has 0 radical (unpaired) electrons. The van der Waals surface area contributed by atoms with Crippen LogP contribution >= 0.6 is 0 Å². The molecule has 3 aliphatic rings. The van der Waals surface area contributed by atoms with Gasteiger partial charge in [0.25, 0.3) is 0 Å². The van der Waals surface area contributed by atoms with E-state index in [2.05, 4.69) is 0 Å². The van der Waals surface area contributed by atoms with Crippen molar-refractivity contribution in [1.82, 2.24) is 0 Å². The van der Waals surface area contributed by atoms with Crippen LogP contribution in [-0.2, 0) is 18.9 Å². The maximum atomic E-state index is 13.8. The number of aromatic hydroxyl groups is 4. The molecule has 12 unspecified atom stereocenters. The summed E-state index contributed by atoms with van der Waals surface area (Å²) in [6.07, 6.45) is -21.1. The third kappa shape index (κ3) is 5.75. The molecule has 5 rings (SSSR count). The van der Waals surface area contributed by atoms with Gasteiger partial charge in [0.15, 0.2) is 36.3 Å². The molecule has 11 N–H and O–H groups in total. The minimum atomic E-state index is -1.95. The van der Waals surface area contributed by atoms with Crippen LogP contribution in [0.3, 0.4) is 0 Å². The summed E-state index contributed by atoms with van der Waals surface area (Å²) in [6, 6.07) is 5.33. The third-order valence-electron chi connectivity index (χ3n) is 7.67. The average molecular weight is 629 g/mol. The Hall–Kier alpha value is -3.33. The number of carbonyl (C=O) groups excluding carboxylic acids is 1. The van der Waals surface area contributed by atoms with Gasteiger partial charge in [-0.15, -0.1) is 0 Å². The molecule has 0 aromatic heterocycles. The lowest BCUT2D eigenvalue weighted by atomic mass is 9.92. The topological polar surface area (TPSA) is 286 Å². The van der Waals surface area contributed by atoms with Gasteiger partial charge in [-0.3, -0.25) is 4.79 Å². The number of phenols is 4. The third-order valence-corrected chi connectivity index (χ3v) is 7.67. The molecule has 44 heavy (non-hydrogen) atoms. The Labute approximate surface area is 247 Å². The first kappa shape index (κ1) is 32.1. The number of aliphatic hydroxyl groups is 7. The predicted molar refractivity (Wildman–Crippen MR) is 139 cm³/mol. The quantitative estimate of drug-likeness (QED) is 0.135. The highest BCUT2D eigenvalue weighted by Gasteiger charge is 2.53. The second kappa shape index (κ2) is 12.6. The number of carbonyl (C=O) groups is 1. The zero-order valence-corrected chi connectivity index (χ0v) is 22.6. The lowest BCUT2D eigenvalue weighted by molar-refractivity contribution is -0.371. The summed E-state index contributed by atoms with van der Waals surface area (Å²) in [5.41, 5.74) is -0.373. The summed E-state index contributed by atoms with van der Waals surface area (Å²) in [4.78, 5) is 13.8. The maximum absolute atomic E-state index is 13.8. The van der Waals surface area contributed by atoms with Crippen molar-refractivity contribution in [2.45, 2.75) is 73.6 Å². The summed E-state index contributed by atoms with van der Waals surface area (Å²) in [5, 5.41) is 112. The van der Waals surface area contributed by atoms with Crippen molar-refractivity contribution in [2.24, 2.45) is 0 Å². The van der Waals surface area contributed by atoms with E-state index in [1.165, 1.54) is 6.07 Å². The lowest BCUT2D eigenvalue weighted by Crippen LogP contribution is -2.65. The number of benzene rings is 2. The lowest BCUT2D eigenvalue weighted by Gasteiger charge is -2.47. The van der Waals surface area contributed by atoms with E-state index in [0.717, 1.165) is 24.3 Å². The molecule has 12 atom stereocenters. The summed E-state index contributed by atoms with van der Waals surface area (Å²) in [7, 11) is 0. The highest BCUT2D eigenvalue weighted by Crippen LogP contribution is 2.45. The fraction of sp³-hybridized carbons (Fsp3) is 0.519. The second-order valence-electron chi connectivity index (χ2n) is 10.6. The number of aliphatic hydroxyl groups excluding tert-OH is 7. The van der Waals surface area contributed by atoms with Crippen LogP contribution in [0.2, 0.25) is 0 Å². The molecule has 0 aliphatic carbocycles. The number of Topliss-reactive ketones (excluding diaryl/α,β-unsaturated/α-hetero) is 1. The van der Waals surface area contributed by atoms with Gasteiger partial charge in [-0.2, -0.15) is 0 Å². The molecule has 17 nitrogen and oxygen atoms in total. The van der Waals surface area contributed by atoms with Crippen molar-refractivity contribution in [3.63, 3.8) is 0 Å². The Morgan fingerprint density at radius 2 is 1.32 bits per heavy atom. The Bertz CT molecular complexity index is 1350. The molecule has 0 saturated carbocycles. The Balaban J connectivity index is 1.52. The Kier molecular flexibility index (Phi) is 9.17. The average Bonchev–Trinajstić information content (AvgIpc) is 2.98. The number of rotatable bonds is 7. The molecule has 2 fully saturated rings. The van der Waals surface area contributed by atoms with E-state index < -0.39 is 121 Å². The molecule has 3 aliphatic heterocycles. The summed E-state index contributed by atoms with van der Waals surface area (Å²) in [5.74, 6) is -3.46. The summed E-state index contributed by atoms with van der Waals surface area (Å²) >= 11 is 0. The molecule has 2 saturated heterocycles. The first-order valence-electron chi connectivity index (χ1n) is 13.4. The van der Waals surface area contributed by atoms with Crippen LogP contribution in [-0.4, -0.2) is 143 Å². The predicted octanol–water partition coefficient (Wildman–Crippen LogP) is -3.17. The molecular formula is C27H32O17. The van der Waals surface area contributed by atoms with Gasteiger partial charge in [0, 0.05) is 12.1 Å². The molecule has 3 heterocycles. The molecule has 0 spiro atoms. The van der Waals surface area contributed by atoms with Crippen LogP contribution in [0.25, 0.3) is 0 Å². The number of hydrogen-bond donors (Lipinski definition) is 11. The van der Waals surface area contributed by atoms with Crippen molar-refractivity contribution in [3.8, 4) is 28.7 Å². The second-order valence-corrected chi connectivity index (χ2v) is 10.6. The molecule has 17 heteroatoms. The van der Waals surface area contributed by atoms with Crippen LogP contribution in [0.15, 0.2) is 30.3 Å². The van der Waals surface area contributed by atoms with Gasteiger partial charge in [0.05, 0.1) is 13.2 Å². The standard InChI is InChI=1S/C27H32O17/c28-6-14-17(34)20(37)22(39)26(41-14)44-25-21(38)18(35)15(7-29)42-27(25)43-24-19(36)16-12(33)4-9(30)5-13(16)40-23(24)8-1-2-10(31)11(32)3-8/h1-5,14-15,17-18,20-35,37-39H,6-7H2. The normalized spacial score (nSPS) is 37.3. The van der Waals surface area contributed by atoms with Crippen LogP contribution < -0.4 is 4.74 Å². The SMILES string of the molecule is O=C1c2c(O)cc(O)cc2OC(c2ccc(O)c(O)c2)C1OC1OC(CO)C(O)C(O)C1OC1OC(CO)C(O)C(O)C1O. The zero-order chi connectivity index (χ0) is 32.0. The minimum absolute atomic E-state index is 0.0497. The van der Waals surface area contributed by atoms with E-state index in [4.69, 9.17) is 23.7 Å². The number of ketones is 1. The van der Waals surface area contributed by atoms with Crippen LogP contribution in [0, 0.1) is 0 Å². The highest BCUT2D eigenvalue weighted by atomic mass is 16.8. The van der Waals surface area contributed by atoms with Crippen LogP contribution in [0.4, 0.5) is 0 Å². The van der Waals surface area contributed by atoms with Crippen LogP contribution in [0.1, 0.15) is 22.0 Å². The van der Waals surface area contributed by atoms with Crippen molar-refractivity contribution in [1.29, 1.82) is 0 Å². The van der Waals surface area contributed by atoms with Gasteiger partial charge in [0.1, 0.15) is 71.6 Å². The molecular weight excluding hydrogens is 596 g/mol. The number of ether oxygens (including phenoxy) is 5. The highest BCUT2D eigenvalue weighted by molar-refractivity contribution is 6.05. The van der Waals surface area contributed by atoms with Crippen LogP contribution in [0.5, 0.6) is 28.7 Å². The van der Waals surface area contributed by atoms with Gasteiger partial charge in [-0.25, -0.2) is 0 Å². The maximum Gasteiger partial charge on any atom is 0.203 e. The minimum Gasteiger partial charge on any atom is -0.508 e. The Morgan fingerprint density at radius 1 is 0.682 bits per heavy atom. The number of hydrogen-bond acceptors (Lipinski definition) is 17. The van der Waals surface area contributed by atoms with Crippen molar-refractivity contribution in [2.75, 3.05) is 13.2 Å². The van der Waals surface area contributed by atoms with Gasteiger partial charge in [0.2, 0.25) is 5.78 Å². The molecule has 0 bridgehead atoms. The van der Waals surface area contributed by atoms with Crippen molar-refractivity contribution >= 4 is 5.78 Å². The fourth-order valence-electron chi connectivity index (χ4n) is 5.29. The monoisotopic (exact) mass is 628 g/mol. The zero-order valence-electron chi connectivity index (χ0n) is 22.6. The van der Waals surface area contributed by atoms with E-state index in [-0.39, 0.29) is 11.3 Å². The summed E-state index contributed by atoms with van der Waals surface area (Å²) in [6.45, 7) is -1.66. The molecule has 2 aromatic carbocycles. The smallest absolute Gasteiger partial charge is 0.203 e. The van der Waals surface area contributed by atoms with E-state index in [1.54, 1.807) is 0 Å². The Morgan fingerprint density at radius 3 is 1.95 bits per heavy atom. The van der Waals surface area contributed by atoms with Gasteiger partial charge in [-0.1, -0.05) is 6.07 Å². The first-order chi connectivity index (χ1) is 20.9. The summed E-state index contributed by atoms with van der Waals surface area (Å²) < 4.78 is 28.4. The van der Waals surface area contributed by atoms with Gasteiger partial charge >= 0.3 is 0 Å². The van der Waals surface area contributed by atoms with Gasteiger partial charge in [-0.05, 0) is 17.7 Å².